The van der Waals surface area contributed by atoms with Crippen LogP contribution in [0.25, 0.3) is 0 Å². The average Bonchev–Trinajstić information content (AvgIpc) is 2.75. The molecule has 2 atom stereocenters. The highest BCUT2D eigenvalue weighted by atomic mass is 35.5. The second kappa shape index (κ2) is 5.40. The third-order valence-corrected chi connectivity index (χ3v) is 3.97. The van der Waals surface area contributed by atoms with E-state index < -0.39 is 24.0 Å². The van der Waals surface area contributed by atoms with Crippen LogP contribution in [0, 0.1) is 13.8 Å². The first-order valence-electron chi connectivity index (χ1n) is 6.32. The van der Waals surface area contributed by atoms with Gasteiger partial charge in [-0.1, -0.05) is 11.6 Å². The molecule has 0 bridgehead atoms. The molecule has 0 saturated carbocycles. The Kier molecular flexibility index (Phi) is 3.99. The van der Waals surface area contributed by atoms with E-state index in [1.165, 1.54) is 4.90 Å². The van der Waals surface area contributed by atoms with Crippen LogP contribution in [0.15, 0.2) is 12.1 Å². The largest absolute Gasteiger partial charge is 0.368 e. The number of nitrogens with two attached hydrogens (primary N) is 1. The third-order valence-electron chi connectivity index (χ3n) is 3.65. The van der Waals surface area contributed by atoms with Gasteiger partial charge in [-0.05, 0) is 37.1 Å². The van der Waals surface area contributed by atoms with Crippen molar-refractivity contribution in [1.82, 2.24) is 4.90 Å². The third kappa shape index (κ3) is 2.63. The van der Waals surface area contributed by atoms with Gasteiger partial charge in [0.1, 0.15) is 12.2 Å². The maximum absolute atomic E-state index is 13.5. The molecule has 2 N–H and O–H groups in total. The number of hydrogen-bond donors (Lipinski definition) is 1. The van der Waals surface area contributed by atoms with Crippen molar-refractivity contribution in [2.24, 2.45) is 5.73 Å². The normalized spacial score (nSPS) is 22.1. The number of likely N-dealkylation sites (tertiary alicyclic amines) is 1. The first kappa shape index (κ1) is 14.8. The molecule has 0 aliphatic carbocycles. The molecule has 1 aromatic carbocycles. The molecule has 0 spiro atoms. The number of carbonyl (C=O) groups is 2. The Labute approximate surface area is 121 Å². The highest BCUT2D eigenvalue weighted by molar-refractivity contribution is 6.34. The molecule has 20 heavy (non-hydrogen) atoms. The first-order valence-corrected chi connectivity index (χ1v) is 6.70. The zero-order valence-corrected chi connectivity index (χ0v) is 12.1. The van der Waals surface area contributed by atoms with Crippen molar-refractivity contribution in [3.63, 3.8) is 0 Å². The molecule has 1 saturated heterocycles. The quantitative estimate of drug-likeness (QED) is 0.907. The van der Waals surface area contributed by atoms with E-state index in [9.17, 15) is 14.0 Å². The van der Waals surface area contributed by atoms with Crippen molar-refractivity contribution in [2.75, 3.05) is 6.54 Å². The van der Waals surface area contributed by atoms with Gasteiger partial charge in [-0.25, -0.2) is 4.39 Å². The standard InChI is InChI=1S/C14H16ClFN2O2/c1-7-3-10(11(15)4-8(7)2)14(20)18-6-9(16)5-12(18)13(17)19/h3-4,9,12H,5-6H2,1-2H3,(H2,17,19)/t9-,12+/m1/s1. The summed E-state index contributed by atoms with van der Waals surface area (Å²) in [6.45, 7) is 3.61. The summed E-state index contributed by atoms with van der Waals surface area (Å²) in [5.74, 6) is -1.15. The summed E-state index contributed by atoms with van der Waals surface area (Å²) in [4.78, 5) is 25.0. The summed E-state index contributed by atoms with van der Waals surface area (Å²) in [5, 5.41) is 0.295. The number of carbonyl (C=O) groups excluding carboxylic acids is 2. The minimum atomic E-state index is -1.23. The number of benzene rings is 1. The predicted molar refractivity (Wildman–Crippen MR) is 74.5 cm³/mol. The zero-order chi connectivity index (χ0) is 15.0. The lowest BCUT2D eigenvalue weighted by Gasteiger charge is -2.22. The van der Waals surface area contributed by atoms with E-state index in [1.54, 1.807) is 12.1 Å². The SMILES string of the molecule is Cc1cc(Cl)c(C(=O)N2C[C@H](F)C[C@H]2C(N)=O)cc1C. The number of amides is 2. The van der Waals surface area contributed by atoms with Crippen LogP contribution in [0.5, 0.6) is 0 Å². The lowest BCUT2D eigenvalue weighted by atomic mass is 10.0. The molecule has 0 unspecified atom stereocenters. The van der Waals surface area contributed by atoms with Gasteiger partial charge in [-0.2, -0.15) is 0 Å². The Morgan fingerprint density at radius 2 is 1.95 bits per heavy atom. The van der Waals surface area contributed by atoms with E-state index in [2.05, 4.69) is 0 Å². The maximum Gasteiger partial charge on any atom is 0.256 e. The van der Waals surface area contributed by atoms with Gasteiger partial charge in [-0.15, -0.1) is 0 Å². The van der Waals surface area contributed by atoms with Crippen molar-refractivity contribution in [3.8, 4) is 0 Å². The molecule has 1 aliphatic heterocycles. The average molecular weight is 299 g/mol. The van der Waals surface area contributed by atoms with Crippen LogP contribution in [0.4, 0.5) is 4.39 Å². The van der Waals surface area contributed by atoms with Gasteiger partial charge >= 0.3 is 0 Å². The molecule has 4 nitrogen and oxygen atoms in total. The molecule has 1 aromatic rings. The summed E-state index contributed by atoms with van der Waals surface area (Å²) in [7, 11) is 0. The number of alkyl halides is 1. The smallest absolute Gasteiger partial charge is 0.256 e. The molecule has 1 fully saturated rings. The number of primary amides is 1. The minimum absolute atomic E-state index is 0.0520. The van der Waals surface area contributed by atoms with Crippen LogP contribution in [-0.2, 0) is 4.79 Å². The molecule has 2 amide bonds. The fourth-order valence-corrected chi connectivity index (χ4v) is 2.68. The van der Waals surface area contributed by atoms with Crippen molar-refractivity contribution in [3.05, 3.63) is 33.8 Å². The van der Waals surface area contributed by atoms with Crippen LogP contribution < -0.4 is 5.73 Å². The topological polar surface area (TPSA) is 63.4 Å². The summed E-state index contributed by atoms with van der Waals surface area (Å²) in [6.07, 6.45) is -1.29. The molecular formula is C14H16ClFN2O2. The summed E-state index contributed by atoms with van der Waals surface area (Å²) in [5.41, 5.74) is 7.37. The van der Waals surface area contributed by atoms with Crippen LogP contribution >= 0.6 is 11.6 Å². The second-order valence-corrected chi connectivity index (χ2v) is 5.53. The minimum Gasteiger partial charge on any atom is -0.368 e. The highest BCUT2D eigenvalue weighted by Crippen LogP contribution is 2.27. The molecule has 108 valence electrons. The Morgan fingerprint density at radius 1 is 1.35 bits per heavy atom. The van der Waals surface area contributed by atoms with Crippen LogP contribution in [0.1, 0.15) is 27.9 Å². The van der Waals surface area contributed by atoms with Gasteiger partial charge in [0.15, 0.2) is 0 Å². The Hall–Kier alpha value is -1.62. The lowest BCUT2D eigenvalue weighted by Crippen LogP contribution is -2.43. The highest BCUT2D eigenvalue weighted by Gasteiger charge is 2.39. The van der Waals surface area contributed by atoms with E-state index in [4.69, 9.17) is 17.3 Å². The molecule has 2 rings (SSSR count). The van der Waals surface area contributed by atoms with Crippen LogP contribution in [-0.4, -0.2) is 35.5 Å². The summed E-state index contributed by atoms with van der Waals surface area (Å²) in [6, 6.07) is 2.44. The Bertz CT molecular complexity index is 577. The molecule has 0 radical (unpaired) electrons. The number of aryl methyl sites for hydroxylation is 2. The number of rotatable bonds is 2. The summed E-state index contributed by atoms with van der Waals surface area (Å²) < 4.78 is 13.5. The monoisotopic (exact) mass is 298 g/mol. The molecular weight excluding hydrogens is 283 g/mol. The van der Waals surface area contributed by atoms with Gasteiger partial charge in [0, 0.05) is 6.42 Å². The Morgan fingerprint density at radius 3 is 2.55 bits per heavy atom. The van der Waals surface area contributed by atoms with E-state index in [1.807, 2.05) is 13.8 Å². The van der Waals surface area contributed by atoms with Crippen molar-refractivity contribution in [1.29, 1.82) is 0 Å². The van der Waals surface area contributed by atoms with Gasteiger partial charge in [0.25, 0.3) is 5.91 Å². The van der Waals surface area contributed by atoms with Gasteiger partial charge < -0.3 is 10.6 Å². The van der Waals surface area contributed by atoms with Crippen molar-refractivity contribution < 1.29 is 14.0 Å². The fourth-order valence-electron chi connectivity index (χ4n) is 2.38. The molecule has 1 heterocycles. The van der Waals surface area contributed by atoms with Crippen LogP contribution in [0.2, 0.25) is 5.02 Å². The van der Waals surface area contributed by atoms with Crippen molar-refractivity contribution >= 4 is 23.4 Å². The fraction of sp³-hybridized carbons (Fsp3) is 0.429. The predicted octanol–water partition coefficient (Wildman–Crippen LogP) is 1.99. The molecule has 0 aromatic heterocycles. The Balaban J connectivity index is 2.36. The molecule has 1 aliphatic rings. The number of halogens is 2. The van der Waals surface area contributed by atoms with E-state index in [-0.39, 0.29) is 18.5 Å². The number of nitrogens with zero attached hydrogens (tertiary/aromatic N) is 1. The lowest BCUT2D eigenvalue weighted by molar-refractivity contribution is -0.121. The van der Waals surface area contributed by atoms with Gasteiger partial charge in [-0.3, -0.25) is 9.59 Å². The summed E-state index contributed by atoms with van der Waals surface area (Å²) >= 11 is 6.08. The number of hydrogen-bond acceptors (Lipinski definition) is 2. The van der Waals surface area contributed by atoms with E-state index >= 15 is 0 Å². The van der Waals surface area contributed by atoms with Gasteiger partial charge in [0.2, 0.25) is 5.91 Å². The second-order valence-electron chi connectivity index (χ2n) is 5.12. The first-order chi connectivity index (χ1) is 9.31. The van der Waals surface area contributed by atoms with Crippen molar-refractivity contribution in [2.45, 2.75) is 32.5 Å². The maximum atomic E-state index is 13.5. The zero-order valence-electron chi connectivity index (χ0n) is 11.3. The van der Waals surface area contributed by atoms with E-state index in [0.717, 1.165) is 11.1 Å². The van der Waals surface area contributed by atoms with Gasteiger partial charge in [0.05, 0.1) is 17.1 Å². The molecule has 6 heteroatoms. The van der Waals surface area contributed by atoms with E-state index in [0.29, 0.717) is 5.02 Å². The van der Waals surface area contributed by atoms with Crippen LogP contribution in [0.3, 0.4) is 0 Å².